The average Bonchev–Trinajstić information content (AvgIpc) is 3.26. The zero-order chi connectivity index (χ0) is 16.2. The third kappa shape index (κ3) is 3.53. The Morgan fingerprint density at radius 2 is 2.12 bits per heavy atom. The van der Waals surface area contributed by atoms with Gasteiger partial charge in [-0.2, -0.15) is 11.3 Å². The molecule has 6 nitrogen and oxygen atoms in total. The van der Waals surface area contributed by atoms with E-state index in [1.807, 2.05) is 18.3 Å². The van der Waals surface area contributed by atoms with Crippen molar-refractivity contribution in [2.24, 2.45) is 0 Å². The molecule has 0 unspecified atom stereocenters. The van der Waals surface area contributed by atoms with Gasteiger partial charge in [0.1, 0.15) is 12.4 Å². The van der Waals surface area contributed by atoms with Gasteiger partial charge in [0.05, 0.1) is 13.2 Å². The molecule has 0 spiro atoms. The maximum absolute atomic E-state index is 5.77. The van der Waals surface area contributed by atoms with Crippen molar-refractivity contribution in [3.8, 4) is 0 Å². The smallest absolute Gasteiger partial charge is 0.159 e. The van der Waals surface area contributed by atoms with Crippen LogP contribution in [0, 0.1) is 0 Å². The van der Waals surface area contributed by atoms with Crippen LogP contribution in [0.4, 0.5) is 0 Å². The number of hydrogen-bond acceptors (Lipinski definition) is 6. The molecule has 7 heteroatoms. The highest BCUT2D eigenvalue weighted by Crippen LogP contribution is 2.17. The van der Waals surface area contributed by atoms with Crippen molar-refractivity contribution in [2.75, 3.05) is 6.54 Å². The normalized spacial score (nSPS) is 14.7. The van der Waals surface area contributed by atoms with Crippen LogP contribution < -0.4 is 0 Å². The molecule has 0 bridgehead atoms. The Morgan fingerprint density at radius 1 is 1.12 bits per heavy atom. The number of aromatic nitrogens is 4. The van der Waals surface area contributed by atoms with Crippen molar-refractivity contribution in [3.63, 3.8) is 0 Å². The van der Waals surface area contributed by atoms with E-state index in [2.05, 4.69) is 41.5 Å². The van der Waals surface area contributed by atoms with Crippen LogP contribution in [0.15, 0.2) is 41.4 Å². The van der Waals surface area contributed by atoms with Crippen molar-refractivity contribution in [2.45, 2.75) is 32.8 Å². The lowest BCUT2D eigenvalue weighted by atomic mass is 10.2. The van der Waals surface area contributed by atoms with E-state index in [4.69, 9.17) is 4.74 Å². The Kier molecular flexibility index (Phi) is 4.64. The molecule has 0 amide bonds. The molecular weight excluding hydrogens is 322 g/mol. The molecule has 0 aliphatic carbocycles. The highest BCUT2D eigenvalue weighted by Gasteiger charge is 2.21. The maximum Gasteiger partial charge on any atom is 0.159 e. The first-order valence-electron chi connectivity index (χ1n) is 7.99. The van der Waals surface area contributed by atoms with Gasteiger partial charge in [0.15, 0.2) is 5.82 Å². The Hall–Kier alpha value is -2.09. The molecule has 4 rings (SSSR count). The van der Waals surface area contributed by atoms with Crippen molar-refractivity contribution < 1.29 is 4.74 Å². The molecule has 3 aromatic heterocycles. The van der Waals surface area contributed by atoms with Crippen molar-refractivity contribution in [1.82, 2.24) is 24.6 Å². The SMILES string of the molecule is c1cncc(COCc2nnc3n2CCN(Cc2ccsc2)C3)c1. The van der Waals surface area contributed by atoms with Crippen molar-refractivity contribution in [3.05, 3.63) is 64.1 Å². The summed E-state index contributed by atoms with van der Waals surface area (Å²) in [4.78, 5) is 6.50. The summed E-state index contributed by atoms with van der Waals surface area (Å²) in [5.74, 6) is 1.93. The first-order chi connectivity index (χ1) is 11.9. The van der Waals surface area contributed by atoms with E-state index in [-0.39, 0.29) is 0 Å². The molecular formula is C17H19N5OS. The first kappa shape index (κ1) is 15.4. The van der Waals surface area contributed by atoms with Gasteiger partial charge < -0.3 is 9.30 Å². The van der Waals surface area contributed by atoms with Crippen LogP contribution in [0.5, 0.6) is 0 Å². The summed E-state index contributed by atoms with van der Waals surface area (Å²) >= 11 is 1.74. The van der Waals surface area contributed by atoms with Gasteiger partial charge in [-0.05, 0) is 34.0 Å². The zero-order valence-corrected chi connectivity index (χ0v) is 14.2. The van der Waals surface area contributed by atoms with Gasteiger partial charge in [-0.3, -0.25) is 9.88 Å². The van der Waals surface area contributed by atoms with Crippen LogP contribution in [0.1, 0.15) is 22.8 Å². The van der Waals surface area contributed by atoms with E-state index < -0.39 is 0 Å². The minimum absolute atomic E-state index is 0.479. The van der Waals surface area contributed by atoms with Crippen LogP contribution in [-0.4, -0.2) is 31.2 Å². The topological polar surface area (TPSA) is 56.1 Å². The fourth-order valence-corrected chi connectivity index (χ4v) is 3.55. The molecule has 124 valence electrons. The largest absolute Gasteiger partial charge is 0.369 e. The number of ether oxygens (including phenoxy) is 1. The molecule has 0 atom stereocenters. The fourth-order valence-electron chi connectivity index (χ4n) is 2.89. The van der Waals surface area contributed by atoms with E-state index in [0.29, 0.717) is 13.2 Å². The highest BCUT2D eigenvalue weighted by atomic mass is 32.1. The highest BCUT2D eigenvalue weighted by molar-refractivity contribution is 7.07. The molecule has 1 aliphatic heterocycles. The molecule has 0 N–H and O–H groups in total. The van der Waals surface area contributed by atoms with Gasteiger partial charge in [0, 0.05) is 32.0 Å². The second-order valence-electron chi connectivity index (χ2n) is 5.88. The molecule has 1 aliphatic rings. The summed E-state index contributed by atoms with van der Waals surface area (Å²) in [6.07, 6.45) is 3.59. The average molecular weight is 341 g/mol. The number of fused-ring (bicyclic) bond motifs is 1. The summed E-state index contributed by atoms with van der Waals surface area (Å²) in [6, 6.07) is 6.11. The predicted molar refractivity (Wildman–Crippen MR) is 91.2 cm³/mol. The van der Waals surface area contributed by atoms with Crippen LogP contribution in [0.2, 0.25) is 0 Å². The molecule has 0 aromatic carbocycles. The summed E-state index contributed by atoms with van der Waals surface area (Å²) in [6.45, 7) is 4.76. The Morgan fingerprint density at radius 3 is 2.96 bits per heavy atom. The third-order valence-corrected chi connectivity index (χ3v) is 4.85. The van der Waals surface area contributed by atoms with E-state index in [0.717, 1.165) is 43.4 Å². The first-order valence-corrected chi connectivity index (χ1v) is 8.94. The zero-order valence-electron chi connectivity index (χ0n) is 13.3. The maximum atomic E-state index is 5.77. The van der Waals surface area contributed by atoms with Gasteiger partial charge in [0.2, 0.25) is 0 Å². The van der Waals surface area contributed by atoms with E-state index in [9.17, 15) is 0 Å². The van der Waals surface area contributed by atoms with Gasteiger partial charge in [-0.25, -0.2) is 0 Å². The lowest BCUT2D eigenvalue weighted by Gasteiger charge is -2.27. The van der Waals surface area contributed by atoms with Gasteiger partial charge >= 0.3 is 0 Å². The van der Waals surface area contributed by atoms with E-state index in [1.54, 1.807) is 17.5 Å². The number of rotatable bonds is 6. The molecule has 0 fully saturated rings. The molecule has 24 heavy (non-hydrogen) atoms. The van der Waals surface area contributed by atoms with Gasteiger partial charge in [-0.1, -0.05) is 6.07 Å². The van der Waals surface area contributed by atoms with Crippen LogP contribution in [-0.2, 0) is 37.6 Å². The molecule has 0 saturated carbocycles. The fraction of sp³-hybridized carbons (Fsp3) is 0.353. The van der Waals surface area contributed by atoms with Crippen molar-refractivity contribution in [1.29, 1.82) is 0 Å². The van der Waals surface area contributed by atoms with Crippen LogP contribution >= 0.6 is 11.3 Å². The minimum atomic E-state index is 0.479. The van der Waals surface area contributed by atoms with Crippen molar-refractivity contribution >= 4 is 11.3 Å². The molecule has 0 radical (unpaired) electrons. The summed E-state index contributed by atoms with van der Waals surface area (Å²) in [5.41, 5.74) is 2.44. The van der Waals surface area contributed by atoms with Crippen LogP contribution in [0.3, 0.4) is 0 Å². The summed E-state index contributed by atoms with van der Waals surface area (Å²) in [5, 5.41) is 13.0. The number of hydrogen-bond donors (Lipinski definition) is 0. The molecule has 0 saturated heterocycles. The predicted octanol–water partition coefficient (Wildman–Crippen LogP) is 2.47. The van der Waals surface area contributed by atoms with Gasteiger partial charge in [-0.15, -0.1) is 10.2 Å². The number of nitrogens with zero attached hydrogens (tertiary/aromatic N) is 5. The van der Waals surface area contributed by atoms with Crippen LogP contribution in [0.25, 0.3) is 0 Å². The summed E-state index contributed by atoms with van der Waals surface area (Å²) < 4.78 is 7.95. The summed E-state index contributed by atoms with van der Waals surface area (Å²) in [7, 11) is 0. The lowest BCUT2D eigenvalue weighted by molar-refractivity contribution is 0.0966. The third-order valence-electron chi connectivity index (χ3n) is 4.12. The number of thiophene rings is 1. The Balaban J connectivity index is 1.34. The second kappa shape index (κ2) is 7.21. The standard InChI is InChI=1S/C17H19N5OS/c1-2-14(8-18-4-1)11-23-12-17-20-19-16-10-21(5-6-22(16)17)9-15-3-7-24-13-15/h1-4,7-8,13H,5-6,9-12H2. The monoisotopic (exact) mass is 341 g/mol. The Labute approximate surface area is 144 Å². The van der Waals surface area contributed by atoms with E-state index >= 15 is 0 Å². The number of pyridine rings is 1. The minimum Gasteiger partial charge on any atom is -0.369 e. The Bertz CT molecular complexity index is 772. The van der Waals surface area contributed by atoms with Gasteiger partial charge in [0.25, 0.3) is 0 Å². The lowest BCUT2D eigenvalue weighted by Crippen LogP contribution is -2.33. The van der Waals surface area contributed by atoms with E-state index in [1.165, 1.54) is 5.56 Å². The quantitative estimate of drug-likeness (QED) is 0.689. The molecule has 4 heterocycles. The second-order valence-corrected chi connectivity index (χ2v) is 6.66. The molecule has 3 aromatic rings.